The second-order valence-corrected chi connectivity index (χ2v) is 4.12. The summed E-state index contributed by atoms with van der Waals surface area (Å²) in [6, 6.07) is 0. The Morgan fingerprint density at radius 3 is 2.19 bits per heavy atom. The Morgan fingerprint density at radius 1 is 1.12 bits per heavy atom. The number of esters is 2. The van der Waals surface area contributed by atoms with Crippen molar-refractivity contribution in [3.63, 3.8) is 0 Å². The van der Waals surface area contributed by atoms with Gasteiger partial charge in [0, 0.05) is 26.2 Å². The molecule has 0 aliphatic carbocycles. The van der Waals surface area contributed by atoms with Gasteiger partial charge in [-0.3, -0.25) is 9.59 Å². The third kappa shape index (κ3) is 3.48. The van der Waals surface area contributed by atoms with E-state index in [1.54, 1.807) is 0 Å². The van der Waals surface area contributed by atoms with E-state index in [4.69, 9.17) is 14.2 Å². The summed E-state index contributed by atoms with van der Waals surface area (Å²) >= 11 is 0. The number of carbonyl (C=O) groups excluding carboxylic acids is 2. The van der Waals surface area contributed by atoms with Gasteiger partial charge < -0.3 is 14.2 Å². The normalized spacial score (nSPS) is 34.2. The fraction of sp³-hybridized carbons (Fsp3) is 0.818. The van der Waals surface area contributed by atoms with Crippen molar-refractivity contribution in [2.24, 2.45) is 5.92 Å². The highest BCUT2D eigenvalue weighted by Gasteiger charge is 2.36. The van der Waals surface area contributed by atoms with Crippen molar-refractivity contribution < 1.29 is 23.8 Å². The lowest BCUT2D eigenvalue weighted by molar-refractivity contribution is -0.229. The topological polar surface area (TPSA) is 61.8 Å². The molecule has 16 heavy (non-hydrogen) atoms. The van der Waals surface area contributed by atoms with Crippen LogP contribution in [0.25, 0.3) is 0 Å². The molecule has 1 aliphatic rings. The zero-order valence-corrected chi connectivity index (χ0v) is 10.1. The largest absolute Gasteiger partial charge is 0.462 e. The van der Waals surface area contributed by atoms with Crippen LogP contribution in [0.5, 0.6) is 0 Å². The molecule has 4 atom stereocenters. The Morgan fingerprint density at radius 2 is 1.69 bits per heavy atom. The van der Waals surface area contributed by atoms with Gasteiger partial charge in [-0.05, 0) is 6.92 Å². The van der Waals surface area contributed by atoms with Crippen LogP contribution in [-0.4, -0.2) is 30.4 Å². The minimum absolute atomic E-state index is 0.0932. The maximum Gasteiger partial charge on any atom is 0.304 e. The van der Waals surface area contributed by atoms with Crippen LogP contribution in [0.3, 0.4) is 0 Å². The molecule has 0 bridgehead atoms. The Bertz CT molecular complexity index is 276. The number of hydrogen-bond donors (Lipinski definition) is 0. The first-order valence-corrected chi connectivity index (χ1v) is 5.40. The van der Waals surface area contributed by atoms with Crippen molar-refractivity contribution >= 4 is 11.9 Å². The van der Waals surface area contributed by atoms with E-state index in [1.807, 2.05) is 13.8 Å². The summed E-state index contributed by atoms with van der Waals surface area (Å²) in [5.41, 5.74) is 0. The quantitative estimate of drug-likeness (QED) is 0.668. The van der Waals surface area contributed by atoms with Gasteiger partial charge in [0.2, 0.25) is 6.29 Å². The molecule has 1 rings (SSSR count). The van der Waals surface area contributed by atoms with Crippen molar-refractivity contribution in [2.75, 3.05) is 0 Å². The van der Waals surface area contributed by atoms with Gasteiger partial charge in [-0.25, -0.2) is 0 Å². The molecule has 1 heterocycles. The first-order valence-electron chi connectivity index (χ1n) is 5.40. The highest BCUT2D eigenvalue weighted by atomic mass is 16.7. The summed E-state index contributed by atoms with van der Waals surface area (Å²) in [4.78, 5) is 21.7. The minimum Gasteiger partial charge on any atom is -0.462 e. The lowest BCUT2D eigenvalue weighted by Crippen LogP contribution is -2.44. The third-order valence-electron chi connectivity index (χ3n) is 2.73. The predicted octanol–water partition coefficient (Wildman–Crippen LogP) is 1.25. The lowest BCUT2D eigenvalue weighted by Gasteiger charge is -2.37. The van der Waals surface area contributed by atoms with E-state index >= 15 is 0 Å². The van der Waals surface area contributed by atoms with Crippen LogP contribution in [0.4, 0.5) is 0 Å². The lowest BCUT2D eigenvalue weighted by atomic mass is 9.93. The predicted molar refractivity (Wildman–Crippen MR) is 55.4 cm³/mol. The third-order valence-corrected chi connectivity index (χ3v) is 2.73. The van der Waals surface area contributed by atoms with Gasteiger partial charge in [-0.15, -0.1) is 0 Å². The van der Waals surface area contributed by atoms with Gasteiger partial charge in [0.25, 0.3) is 0 Å². The fourth-order valence-corrected chi connectivity index (χ4v) is 1.76. The van der Waals surface area contributed by atoms with Crippen molar-refractivity contribution in [3.8, 4) is 0 Å². The van der Waals surface area contributed by atoms with Crippen LogP contribution in [0, 0.1) is 5.92 Å². The van der Waals surface area contributed by atoms with Gasteiger partial charge in [0.1, 0.15) is 6.10 Å². The van der Waals surface area contributed by atoms with E-state index in [0.29, 0.717) is 6.42 Å². The van der Waals surface area contributed by atoms with Crippen molar-refractivity contribution in [1.29, 1.82) is 0 Å². The van der Waals surface area contributed by atoms with E-state index in [9.17, 15) is 9.59 Å². The maximum absolute atomic E-state index is 10.9. The van der Waals surface area contributed by atoms with Crippen molar-refractivity contribution in [1.82, 2.24) is 0 Å². The zero-order chi connectivity index (χ0) is 12.3. The van der Waals surface area contributed by atoms with Crippen LogP contribution < -0.4 is 0 Å². The first kappa shape index (κ1) is 13.0. The molecule has 0 aromatic carbocycles. The average molecular weight is 230 g/mol. The SMILES string of the molecule is CC(=O)O[C@H]1C[C@H](OC(C)=O)[C@H](C)[C@H](C)O1. The molecule has 0 N–H and O–H groups in total. The second kappa shape index (κ2) is 5.30. The van der Waals surface area contributed by atoms with Crippen LogP contribution >= 0.6 is 0 Å². The van der Waals surface area contributed by atoms with Gasteiger partial charge in [-0.1, -0.05) is 6.92 Å². The summed E-state index contributed by atoms with van der Waals surface area (Å²) < 4.78 is 15.6. The van der Waals surface area contributed by atoms with Crippen molar-refractivity contribution in [3.05, 3.63) is 0 Å². The summed E-state index contributed by atoms with van der Waals surface area (Å²) in [5, 5.41) is 0. The highest BCUT2D eigenvalue weighted by molar-refractivity contribution is 5.66. The van der Waals surface area contributed by atoms with Gasteiger partial charge in [-0.2, -0.15) is 0 Å². The number of rotatable bonds is 2. The molecule has 5 heteroatoms. The summed E-state index contributed by atoms with van der Waals surface area (Å²) in [7, 11) is 0. The summed E-state index contributed by atoms with van der Waals surface area (Å²) in [6.45, 7) is 6.51. The van der Waals surface area contributed by atoms with E-state index in [0.717, 1.165) is 0 Å². The Balaban J connectivity index is 2.61. The zero-order valence-electron chi connectivity index (χ0n) is 10.1. The van der Waals surface area contributed by atoms with Crippen LogP contribution in [0.1, 0.15) is 34.1 Å². The molecule has 0 saturated carbocycles. The van der Waals surface area contributed by atoms with Crippen LogP contribution in [0.2, 0.25) is 0 Å². The molecular formula is C11H18O5. The summed E-state index contributed by atoms with van der Waals surface area (Å²) in [6.07, 6.45) is -0.592. The van der Waals surface area contributed by atoms with Crippen molar-refractivity contribution in [2.45, 2.75) is 52.6 Å². The van der Waals surface area contributed by atoms with Gasteiger partial charge >= 0.3 is 11.9 Å². The first-order chi connectivity index (χ1) is 7.40. The smallest absolute Gasteiger partial charge is 0.304 e. The Labute approximate surface area is 95.0 Å². The molecule has 5 nitrogen and oxygen atoms in total. The molecule has 0 amide bonds. The standard InChI is InChI=1S/C11H18O5/c1-6-7(2)14-11(16-9(4)13)5-10(6)15-8(3)12/h6-7,10-11H,5H2,1-4H3/t6-,7+,10+,11+/m1/s1. The van der Waals surface area contributed by atoms with E-state index in [2.05, 4.69) is 0 Å². The molecular weight excluding hydrogens is 212 g/mol. The number of carbonyl (C=O) groups is 2. The number of ether oxygens (including phenoxy) is 3. The van der Waals surface area contributed by atoms with E-state index in [-0.39, 0.29) is 24.1 Å². The molecule has 0 aromatic rings. The number of hydrogen-bond acceptors (Lipinski definition) is 5. The fourth-order valence-electron chi connectivity index (χ4n) is 1.76. The average Bonchev–Trinajstić information content (AvgIpc) is 2.11. The minimum atomic E-state index is -0.618. The Hall–Kier alpha value is -1.10. The molecule has 1 aliphatic heterocycles. The molecule has 0 radical (unpaired) electrons. The summed E-state index contributed by atoms with van der Waals surface area (Å²) in [5.74, 6) is -0.628. The van der Waals surface area contributed by atoms with Gasteiger partial charge in [0.05, 0.1) is 6.10 Å². The molecule has 0 aromatic heterocycles. The highest BCUT2D eigenvalue weighted by Crippen LogP contribution is 2.28. The van der Waals surface area contributed by atoms with Crippen LogP contribution in [-0.2, 0) is 23.8 Å². The van der Waals surface area contributed by atoms with Crippen LogP contribution in [0.15, 0.2) is 0 Å². The second-order valence-electron chi connectivity index (χ2n) is 4.12. The van der Waals surface area contributed by atoms with Gasteiger partial charge in [0.15, 0.2) is 0 Å². The van der Waals surface area contributed by atoms with E-state index < -0.39 is 12.3 Å². The van der Waals surface area contributed by atoms with E-state index in [1.165, 1.54) is 13.8 Å². The molecule has 0 unspecified atom stereocenters. The molecule has 92 valence electrons. The maximum atomic E-state index is 10.9. The molecule has 1 saturated heterocycles. The monoisotopic (exact) mass is 230 g/mol. The Kier molecular flexibility index (Phi) is 4.29. The molecule has 0 spiro atoms. The molecule has 1 fully saturated rings.